The number of aryl methyl sites for hydroxylation is 2. The van der Waals surface area contributed by atoms with Crippen LogP contribution in [0.2, 0.25) is 0 Å². The molecule has 3 aromatic rings. The van der Waals surface area contributed by atoms with Crippen LogP contribution in [-0.2, 0) is 13.0 Å². The summed E-state index contributed by atoms with van der Waals surface area (Å²) in [5.74, 6) is -0.401. The van der Waals surface area contributed by atoms with Crippen molar-refractivity contribution >= 4 is 5.97 Å². The van der Waals surface area contributed by atoms with Crippen molar-refractivity contribution in [2.75, 3.05) is 0 Å². The number of aromatic nitrogens is 3. The average molecular weight is 311 g/mol. The molecule has 2 aromatic heterocycles. The lowest BCUT2D eigenvalue weighted by Crippen LogP contribution is -2.05. The molecular weight excluding hydrogens is 294 g/mol. The van der Waals surface area contributed by atoms with Gasteiger partial charge >= 0.3 is 5.97 Å². The maximum atomic E-state index is 11.3. The number of hydrogen-bond acceptors (Lipinski definition) is 4. The van der Waals surface area contributed by atoms with E-state index in [1.54, 1.807) is 10.7 Å². The number of carboxylic acids is 1. The van der Waals surface area contributed by atoms with Crippen molar-refractivity contribution in [2.45, 2.75) is 26.8 Å². The summed E-state index contributed by atoms with van der Waals surface area (Å²) in [4.78, 5) is 11.3. The number of hydrogen-bond donors (Lipinski definition) is 1. The number of rotatable bonds is 5. The Balaban J connectivity index is 2.04. The quantitative estimate of drug-likeness (QED) is 0.782. The molecule has 0 saturated carbocycles. The van der Waals surface area contributed by atoms with Crippen molar-refractivity contribution in [2.24, 2.45) is 0 Å². The Labute approximate surface area is 133 Å². The molecule has 0 atom stereocenters. The van der Waals surface area contributed by atoms with Gasteiger partial charge < -0.3 is 9.63 Å². The SMILES string of the molecule is CCc1cc(Cn2nc(C(=O)O)cc2-c2ccccc2C)on1. The van der Waals surface area contributed by atoms with Crippen LogP contribution in [-0.4, -0.2) is 26.0 Å². The Morgan fingerprint density at radius 2 is 2.09 bits per heavy atom. The van der Waals surface area contributed by atoms with Crippen molar-refractivity contribution in [3.63, 3.8) is 0 Å². The highest BCUT2D eigenvalue weighted by Crippen LogP contribution is 2.25. The molecule has 0 fully saturated rings. The second-order valence-corrected chi connectivity index (χ2v) is 5.33. The van der Waals surface area contributed by atoms with E-state index in [1.165, 1.54) is 0 Å². The largest absolute Gasteiger partial charge is 0.476 e. The second-order valence-electron chi connectivity index (χ2n) is 5.33. The number of carbonyl (C=O) groups is 1. The first kappa shape index (κ1) is 15.0. The predicted octanol–water partition coefficient (Wildman–Crippen LogP) is 3.16. The number of benzene rings is 1. The monoisotopic (exact) mass is 311 g/mol. The van der Waals surface area contributed by atoms with Crippen LogP contribution in [0.4, 0.5) is 0 Å². The van der Waals surface area contributed by atoms with Gasteiger partial charge in [0, 0.05) is 11.6 Å². The molecular formula is C17H17N3O3. The zero-order valence-electron chi connectivity index (χ0n) is 13.0. The molecule has 6 nitrogen and oxygen atoms in total. The lowest BCUT2D eigenvalue weighted by molar-refractivity contribution is 0.0689. The Kier molecular flexibility index (Phi) is 3.97. The maximum absolute atomic E-state index is 11.3. The van der Waals surface area contributed by atoms with E-state index >= 15 is 0 Å². The number of carboxylic acid groups (broad SMARTS) is 1. The van der Waals surface area contributed by atoms with Crippen molar-refractivity contribution in [3.8, 4) is 11.3 Å². The van der Waals surface area contributed by atoms with E-state index in [0.717, 1.165) is 28.9 Å². The molecule has 118 valence electrons. The molecule has 3 rings (SSSR count). The molecule has 0 amide bonds. The molecule has 6 heteroatoms. The minimum absolute atomic E-state index is 0.0125. The predicted molar refractivity (Wildman–Crippen MR) is 84.3 cm³/mol. The summed E-state index contributed by atoms with van der Waals surface area (Å²) in [5.41, 5.74) is 3.62. The van der Waals surface area contributed by atoms with E-state index in [-0.39, 0.29) is 5.69 Å². The maximum Gasteiger partial charge on any atom is 0.356 e. The van der Waals surface area contributed by atoms with E-state index in [9.17, 15) is 9.90 Å². The average Bonchev–Trinajstić information content (AvgIpc) is 3.15. The zero-order valence-corrected chi connectivity index (χ0v) is 13.0. The highest BCUT2D eigenvalue weighted by atomic mass is 16.5. The molecule has 0 unspecified atom stereocenters. The number of nitrogens with zero attached hydrogens (tertiary/aromatic N) is 3. The fourth-order valence-corrected chi connectivity index (χ4v) is 2.46. The van der Waals surface area contributed by atoms with Crippen LogP contribution in [0.1, 0.15) is 34.4 Å². The molecule has 1 N–H and O–H groups in total. The van der Waals surface area contributed by atoms with Gasteiger partial charge in [-0.15, -0.1) is 0 Å². The van der Waals surface area contributed by atoms with E-state index in [1.807, 2.05) is 44.2 Å². The molecule has 0 aliphatic heterocycles. The number of aromatic carboxylic acids is 1. The van der Waals surface area contributed by atoms with Gasteiger partial charge in [0.15, 0.2) is 11.5 Å². The van der Waals surface area contributed by atoms with Gasteiger partial charge in [-0.25, -0.2) is 4.79 Å². The van der Waals surface area contributed by atoms with Gasteiger partial charge in [0.1, 0.15) is 6.54 Å². The van der Waals surface area contributed by atoms with Crippen molar-refractivity contribution in [1.29, 1.82) is 0 Å². The summed E-state index contributed by atoms with van der Waals surface area (Å²) in [5, 5.41) is 17.4. The molecule has 0 radical (unpaired) electrons. The molecule has 0 aliphatic rings. The van der Waals surface area contributed by atoms with Crippen LogP contribution in [0.5, 0.6) is 0 Å². The topological polar surface area (TPSA) is 81.2 Å². The van der Waals surface area contributed by atoms with Gasteiger partial charge in [0.2, 0.25) is 0 Å². The first-order chi connectivity index (χ1) is 11.1. The highest BCUT2D eigenvalue weighted by molar-refractivity contribution is 5.87. The molecule has 0 bridgehead atoms. The third-order valence-electron chi connectivity index (χ3n) is 3.70. The van der Waals surface area contributed by atoms with Crippen LogP contribution in [0, 0.1) is 6.92 Å². The van der Waals surface area contributed by atoms with Crippen molar-refractivity contribution in [1.82, 2.24) is 14.9 Å². The van der Waals surface area contributed by atoms with Gasteiger partial charge in [0.05, 0.1) is 11.4 Å². The van der Waals surface area contributed by atoms with E-state index in [4.69, 9.17) is 4.52 Å². The van der Waals surface area contributed by atoms with Gasteiger partial charge in [0.25, 0.3) is 0 Å². The lowest BCUT2D eigenvalue weighted by atomic mass is 10.1. The third-order valence-corrected chi connectivity index (χ3v) is 3.70. The summed E-state index contributed by atoms with van der Waals surface area (Å²) in [7, 11) is 0. The smallest absolute Gasteiger partial charge is 0.356 e. The molecule has 1 aromatic carbocycles. The van der Waals surface area contributed by atoms with Gasteiger partial charge in [-0.2, -0.15) is 5.10 Å². The van der Waals surface area contributed by atoms with Gasteiger partial charge in [-0.3, -0.25) is 4.68 Å². The second kappa shape index (κ2) is 6.08. The highest BCUT2D eigenvalue weighted by Gasteiger charge is 2.17. The first-order valence-corrected chi connectivity index (χ1v) is 7.40. The summed E-state index contributed by atoms with van der Waals surface area (Å²) in [6.07, 6.45) is 0.785. The summed E-state index contributed by atoms with van der Waals surface area (Å²) < 4.78 is 6.94. The molecule has 0 aliphatic carbocycles. The van der Waals surface area contributed by atoms with E-state index in [2.05, 4.69) is 10.3 Å². The Morgan fingerprint density at radius 3 is 2.74 bits per heavy atom. The van der Waals surface area contributed by atoms with Gasteiger partial charge in [-0.1, -0.05) is 36.3 Å². The molecule has 23 heavy (non-hydrogen) atoms. The van der Waals surface area contributed by atoms with E-state index < -0.39 is 5.97 Å². The van der Waals surface area contributed by atoms with Crippen molar-refractivity contribution < 1.29 is 14.4 Å². The summed E-state index contributed by atoms with van der Waals surface area (Å²) in [6, 6.07) is 11.2. The third kappa shape index (κ3) is 3.01. The van der Waals surface area contributed by atoms with Crippen LogP contribution >= 0.6 is 0 Å². The molecule has 2 heterocycles. The van der Waals surface area contributed by atoms with Crippen LogP contribution in [0.3, 0.4) is 0 Å². The minimum Gasteiger partial charge on any atom is -0.476 e. The minimum atomic E-state index is -1.05. The van der Waals surface area contributed by atoms with Crippen molar-refractivity contribution in [3.05, 3.63) is 59.1 Å². The van der Waals surface area contributed by atoms with Crippen LogP contribution in [0.15, 0.2) is 40.9 Å². The summed E-state index contributed by atoms with van der Waals surface area (Å²) >= 11 is 0. The van der Waals surface area contributed by atoms with Crippen LogP contribution < -0.4 is 0 Å². The Bertz CT molecular complexity index is 848. The molecule has 0 saturated heterocycles. The standard InChI is InChI=1S/C17H17N3O3/c1-3-12-8-13(23-19-12)10-20-16(9-15(18-20)17(21)22)14-7-5-4-6-11(14)2/h4-9H,3,10H2,1-2H3,(H,21,22). The molecule has 0 spiro atoms. The fourth-order valence-electron chi connectivity index (χ4n) is 2.46. The van der Waals surface area contributed by atoms with Crippen LogP contribution in [0.25, 0.3) is 11.3 Å². The Morgan fingerprint density at radius 1 is 1.30 bits per heavy atom. The normalized spacial score (nSPS) is 10.9. The zero-order chi connectivity index (χ0) is 16.4. The van der Waals surface area contributed by atoms with Gasteiger partial charge in [-0.05, 0) is 25.0 Å². The summed E-state index contributed by atoms with van der Waals surface area (Å²) in [6.45, 7) is 4.32. The fraction of sp³-hybridized carbons (Fsp3) is 0.235. The Hall–Kier alpha value is -2.89. The first-order valence-electron chi connectivity index (χ1n) is 7.40. The lowest BCUT2D eigenvalue weighted by Gasteiger charge is -2.08. The van der Waals surface area contributed by atoms with E-state index in [0.29, 0.717) is 12.3 Å².